The number of rotatable bonds is 5. The standard InChI is InChI=1S/C21H26N2O3S/c1-21(2,19-11-7-4-8-12-19)20(24)22-13-15-23(16-14-22)27(25,26)17-18-9-5-3-6-10-18/h3-12H,13-17H2,1-2H3. The summed E-state index contributed by atoms with van der Waals surface area (Å²) < 4.78 is 26.8. The van der Waals surface area contributed by atoms with Gasteiger partial charge in [-0.25, -0.2) is 8.42 Å². The summed E-state index contributed by atoms with van der Waals surface area (Å²) in [7, 11) is -3.38. The number of carbonyl (C=O) groups excluding carboxylic acids is 1. The summed E-state index contributed by atoms with van der Waals surface area (Å²) in [5.41, 5.74) is 1.11. The molecule has 0 bridgehead atoms. The Kier molecular flexibility index (Phi) is 5.67. The quantitative estimate of drug-likeness (QED) is 0.794. The Hall–Kier alpha value is -2.18. The molecular formula is C21H26N2O3S. The fraction of sp³-hybridized carbons (Fsp3) is 0.381. The van der Waals surface area contributed by atoms with Gasteiger partial charge < -0.3 is 4.90 Å². The van der Waals surface area contributed by atoms with E-state index in [0.717, 1.165) is 11.1 Å². The molecule has 6 heteroatoms. The van der Waals surface area contributed by atoms with E-state index >= 15 is 0 Å². The number of piperazine rings is 1. The van der Waals surface area contributed by atoms with Crippen molar-refractivity contribution in [2.45, 2.75) is 25.0 Å². The molecule has 1 aliphatic heterocycles. The number of amides is 1. The van der Waals surface area contributed by atoms with Crippen LogP contribution in [0.2, 0.25) is 0 Å². The van der Waals surface area contributed by atoms with Crippen LogP contribution < -0.4 is 0 Å². The second-order valence-electron chi connectivity index (χ2n) is 7.42. The van der Waals surface area contributed by atoms with Crippen LogP contribution in [0.1, 0.15) is 25.0 Å². The van der Waals surface area contributed by atoms with Gasteiger partial charge in [0, 0.05) is 26.2 Å². The molecule has 0 N–H and O–H groups in total. The first-order valence-corrected chi connectivity index (χ1v) is 10.8. The smallest absolute Gasteiger partial charge is 0.232 e. The molecule has 1 fully saturated rings. The van der Waals surface area contributed by atoms with Crippen molar-refractivity contribution in [2.75, 3.05) is 26.2 Å². The average molecular weight is 387 g/mol. The monoisotopic (exact) mass is 386 g/mol. The van der Waals surface area contributed by atoms with Gasteiger partial charge in [0.15, 0.2) is 0 Å². The van der Waals surface area contributed by atoms with Crippen molar-refractivity contribution in [3.8, 4) is 0 Å². The van der Waals surface area contributed by atoms with E-state index < -0.39 is 15.4 Å². The third-order valence-electron chi connectivity index (χ3n) is 5.14. The minimum absolute atomic E-state index is 0.00268. The fourth-order valence-electron chi connectivity index (χ4n) is 3.42. The number of nitrogens with zero attached hydrogens (tertiary/aromatic N) is 2. The summed E-state index contributed by atoms with van der Waals surface area (Å²) in [5, 5.41) is 0. The lowest BCUT2D eigenvalue weighted by Gasteiger charge is -2.38. The normalized spacial score (nSPS) is 16.3. The molecule has 1 saturated heterocycles. The van der Waals surface area contributed by atoms with Gasteiger partial charge >= 0.3 is 0 Å². The first-order chi connectivity index (χ1) is 12.8. The Morgan fingerprint density at radius 2 is 1.41 bits per heavy atom. The first kappa shape index (κ1) is 19.6. The number of sulfonamides is 1. The van der Waals surface area contributed by atoms with E-state index in [1.54, 1.807) is 4.90 Å². The van der Waals surface area contributed by atoms with Crippen LogP contribution in [0.25, 0.3) is 0 Å². The molecule has 3 rings (SSSR count). The van der Waals surface area contributed by atoms with Gasteiger partial charge in [-0.15, -0.1) is 0 Å². The van der Waals surface area contributed by atoms with E-state index in [1.165, 1.54) is 4.31 Å². The lowest BCUT2D eigenvalue weighted by atomic mass is 9.83. The second-order valence-corrected chi connectivity index (χ2v) is 9.39. The third kappa shape index (κ3) is 4.39. The van der Waals surface area contributed by atoms with E-state index in [4.69, 9.17) is 0 Å². The van der Waals surface area contributed by atoms with Crippen molar-refractivity contribution >= 4 is 15.9 Å². The van der Waals surface area contributed by atoms with Crippen LogP contribution in [-0.2, 0) is 26.0 Å². The van der Waals surface area contributed by atoms with Crippen LogP contribution in [0.3, 0.4) is 0 Å². The van der Waals surface area contributed by atoms with E-state index in [9.17, 15) is 13.2 Å². The summed E-state index contributed by atoms with van der Waals surface area (Å²) in [5.74, 6) is 0.0332. The molecule has 1 amide bonds. The van der Waals surface area contributed by atoms with Gasteiger partial charge in [-0.05, 0) is 25.0 Å². The van der Waals surface area contributed by atoms with Crippen LogP contribution in [0.4, 0.5) is 0 Å². The molecule has 0 aromatic heterocycles. The maximum absolute atomic E-state index is 13.0. The maximum Gasteiger partial charge on any atom is 0.232 e. The lowest BCUT2D eigenvalue weighted by molar-refractivity contribution is -0.137. The topological polar surface area (TPSA) is 57.7 Å². The van der Waals surface area contributed by atoms with Crippen LogP contribution in [0.15, 0.2) is 60.7 Å². The van der Waals surface area contributed by atoms with E-state index in [1.807, 2.05) is 74.5 Å². The molecule has 1 heterocycles. The fourth-order valence-corrected chi connectivity index (χ4v) is 4.93. The summed E-state index contributed by atoms with van der Waals surface area (Å²) in [6.07, 6.45) is 0. The molecule has 144 valence electrons. The van der Waals surface area contributed by atoms with Crippen molar-refractivity contribution in [2.24, 2.45) is 0 Å². The zero-order chi connectivity index (χ0) is 19.5. The first-order valence-electron chi connectivity index (χ1n) is 9.17. The Morgan fingerprint density at radius 3 is 1.96 bits per heavy atom. The second kappa shape index (κ2) is 7.82. The van der Waals surface area contributed by atoms with Gasteiger partial charge in [0.2, 0.25) is 15.9 Å². The Morgan fingerprint density at radius 1 is 0.889 bits per heavy atom. The summed E-state index contributed by atoms with van der Waals surface area (Å²) in [4.78, 5) is 14.8. The van der Waals surface area contributed by atoms with Crippen LogP contribution in [-0.4, -0.2) is 49.7 Å². The van der Waals surface area contributed by atoms with Crippen molar-refractivity contribution in [3.63, 3.8) is 0 Å². The van der Waals surface area contributed by atoms with Gasteiger partial charge in [-0.1, -0.05) is 60.7 Å². The summed E-state index contributed by atoms with van der Waals surface area (Å²) in [6, 6.07) is 18.9. The molecule has 5 nitrogen and oxygen atoms in total. The van der Waals surface area contributed by atoms with Crippen molar-refractivity contribution in [1.29, 1.82) is 0 Å². The van der Waals surface area contributed by atoms with Gasteiger partial charge in [0.25, 0.3) is 0 Å². The average Bonchev–Trinajstić information content (AvgIpc) is 2.68. The van der Waals surface area contributed by atoms with Crippen LogP contribution in [0, 0.1) is 0 Å². The molecule has 0 spiro atoms. The third-order valence-corrected chi connectivity index (χ3v) is 6.99. The molecular weight excluding hydrogens is 360 g/mol. The molecule has 0 radical (unpaired) electrons. The number of benzene rings is 2. The molecule has 27 heavy (non-hydrogen) atoms. The van der Waals surface area contributed by atoms with Crippen molar-refractivity contribution in [3.05, 3.63) is 71.8 Å². The predicted molar refractivity (Wildman–Crippen MR) is 107 cm³/mol. The summed E-state index contributed by atoms with van der Waals surface area (Å²) >= 11 is 0. The van der Waals surface area contributed by atoms with Gasteiger partial charge in [0.05, 0.1) is 11.2 Å². The minimum atomic E-state index is -3.38. The molecule has 2 aromatic rings. The molecule has 1 aliphatic rings. The molecule has 0 unspecified atom stereocenters. The van der Waals surface area contributed by atoms with Crippen LogP contribution >= 0.6 is 0 Å². The van der Waals surface area contributed by atoms with Crippen LogP contribution in [0.5, 0.6) is 0 Å². The van der Waals surface area contributed by atoms with Gasteiger partial charge in [-0.2, -0.15) is 4.31 Å². The largest absolute Gasteiger partial charge is 0.339 e. The Bertz CT molecular complexity index is 872. The SMILES string of the molecule is CC(C)(C(=O)N1CCN(S(=O)(=O)Cc2ccccc2)CC1)c1ccccc1. The molecule has 0 aliphatic carbocycles. The Labute approximate surface area is 161 Å². The highest BCUT2D eigenvalue weighted by molar-refractivity contribution is 7.88. The van der Waals surface area contributed by atoms with E-state index in [-0.39, 0.29) is 11.7 Å². The van der Waals surface area contributed by atoms with E-state index in [0.29, 0.717) is 26.2 Å². The van der Waals surface area contributed by atoms with Crippen molar-refractivity contribution < 1.29 is 13.2 Å². The highest BCUT2D eigenvalue weighted by Gasteiger charge is 2.36. The van der Waals surface area contributed by atoms with E-state index in [2.05, 4.69) is 0 Å². The predicted octanol–water partition coefficient (Wildman–Crippen LogP) is 2.64. The van der Waals surface area contributed by atoms with Gasteiger partial charge in [0.1, 0.15) is 0 Å². The molecule has 0 atom stereocenters. The Balaban J connectivity index is 1.64. The maximum atomic E-state index is 13.0. The minimum Gasteiger partial charge on any atom is -0.339 e. The number of carbonyl (C=O) groups is 1. The highest BCUT2D eigenvalue weighted by Crippen LogP contribution is 2.26. The zero-order valence-electron chi connectivity index (χ0n) is 15.8. The summed E-state index contributed by atoms with van der Waals surface area (Å²) in [6.45, 7) is 5.36. The number of hydrogen-bond donors (Lipinski definition) is 0. The zero-order valence-corrected chi connectivity index (χ0v) is 16.7. The lowest BCUT2D eigenvalue weighted by Crippen LogP contribution is -2.54. The molecule has 2 aromatic carbocycles. The molecule has 0 saturated carbocycles. The van der Waals surface area contributed by atoms with Gasteiger partial charge in [-0.3, -0.25) is 4.79 Å². The van der Waals surface area contributed by atoms with Crippen molar-refractivity contribution in [1.82, 2.24) is 9.21 Å². The highest BCUT2D eigenvalue weighted by atomic mass is 32.2. The number of hydrogen-bond acceptors (Lipinski definition) is 3.